The van der Waals surface area contributed by atoms with Gasteiger partial charge in [-0.05, 0) is 59.2 Å². The lowest BCUT2D eigenvalue weighted by molar-refractivity contribution is 0.470. The van der Waals surface area contributed by atoms with Crippen LogP contribution in [0.5, 0.6) is 11.5 Å². The van der Waals surface area contributed by atoms with Gasteiger partial charge in [0.05, 0.1) is 4.47 Å². The number of hydrogen-bond donors (Lipinski definition) is 1. The first-order valence-electron chi connectivity index (χ1n) is 6.73. The first kappa shape index (κ1) is 16.3. The second-order valence-corrected chi connectivity index (χ2v) is 5.83. The van der Waals surface area contributed by atoms with Gasteiger partial charge in [-0.25, -0.2) is 4.39 Å². The number of rotatable bonds is 6. The molecule has 0 heterocycles. The maximum Gasteiger partial charge on any atom is 0.137 e. The summed E-state index contributed by atoms with van der Waals surface area (Å²) in [7, 11) is 0. The van der Waals surface area contributed by atoms with E-state index in [9.17, 15) is 4.39 Å². The smallest absolute Gasteiger partial charge is 0.137 e. The van der Waals surface area contributed by atoms with Crippen LogP contribution in [-0.4, -0.2) is 6.54 Å². The van der Waals surface area contributed by atoms with Crippen molar-refractivity contribution in [2.24, 2.45) is 0 Å². The Morgan fingerprint density at radius 1 is 1.29 bits per heavy atom. The van der Waals surface area contributed by atoms with Crippen LogP contribution in [0.15, 0.2) is 40.9 Å². The second kappa shape index (κ2) is 7.78. The predicted molar refractivity (Wildman–Crippen MR) is 87.6 cm³/mol. The average molecular weight is 373 g/mol. The molecule has 1 N–H and O–H groups in total. The lowest BCUT2D eigenvalue weighted by Gasteiger charge is -2.13. The van der Waals surface area contributed by atoms with Crippen molar-refractivity contribution in [2.45, 2.75) is 19.9 Å². The monoisotopic (exact) mass is 371 g/mol. The minimum absolute atomic E-state index is 0.321. The number of nitrogens with one attached hydrogen (secondary N) is 1. The van der Waals surface area contributed by atoms with Gasteiger partial charge in [-0.3, -0.25) is 0 Å². The Bertz CT molecular complexity index is 621. The quantitative estimate of drug-likeness (QED) is 0.673. The van der Waals surface area contributed by atoms with Crippen molar-refractivity contribution in [3.05, 3.63) is 57.3 Å². The Balaban J connectivity index is 2.22. The topological polar surface area (TPSA) is 21.3 Å². The lowest BCUT2D eigenvalue weighted by atomic mass is 10.2. The molecule has 0 amide bonds. The highest BCUT2D eigenvalue weighted by molar-refractivity contribution is 9.10. The van der Waals surface area contributed by atoms with Gasteiger partial charge < -0.3 is 10.1 Å². The third kappa shape index (κ3) is 4.43. The predicted octanol–water partition coefficient (Wildman–Crippen LogP) is 5.53. The Kier molecular flexibility index (Phi) is 6.03. The van der Waals surface area contributed by atoms with Crippen LogP contribution in [0.1, 0.15) is 18.9 Å². The van der Waals surface area contributed by atoms with Gasteiger partial charge in [-0.2, -0.15) is 0 Å². The average Bonchev–Trinajstić information content (AvgIpc) is 2.46. The molecule has 0 saturated carbocycles. The van der Waals surface area contributed by atoms with Crippen molar-refractivity contribution >= 4 is 27.5 Å². The summed E-state index contributed by atoms with van der Waals surface area (Å²) in [5.41, 5.74) is 0.896. The van der Waals surface area contributed by atoms with E-state index in [4.69, 9.17) is 16.3 Å². The zero-order chi connectivity index (χ0) is 15.2. The van der Waals surface area contributed by atoms with Gasteiger partial charge in [0, 0.05) is 17.1 Å². The van der Waals surface area contributed by atoms with Gasteiger partial charge in [-0.1, -0.05) is 24.6 Å². The molecule has 112 valence electrons. The fourth-order valence-electron chi connectivity index (χ4n) is 1.86. The summed E-state index contributed by atoms with van der Waals surface area (Å²) >= 11 is 9.39. The Labute approximate surface area is 137 Å². The van der Waals surface area contributed by atoms with Crippen LogP contribution in [0.2, 0.25) is 5.02 Å². The van der Waals surface area contributed by atoms with Crippen molar-refractivity contribution in [3.8, 4) is 11.5 Å². The summed E-state index contributed by atoms with van der Waals surface area (Å²) < 4.78 is 19.5. The standard InChI is InChI=1S/C16H16BrClFNO/c1-2-8-20-10-12-14(18)4-3-5-16(12)21-11-6-7-15(19)13(17)9-11/h3-7,9,20H,2,8,10H2,1H3. The van der Waals surface area contributed by atoms with E-state index in [0.717, 1.165) is 18.5 Å². The Morgan fingerprint density at radius 2 is 2.10 bits per heavy atom. The van der Waals surface area contributed by atoms with Crippen molar-refractivity contribution in [1.82, 2.24) is 5.32 Å². The van der Waals surface area contributed by atoms with Gasteiger partial charge in [0.2, 0.25) is 0 Å². The van der Waals surface area contributed by atoms with E-state index in [1.54, 1.807) is 12.1 Å². The van der Waals surface area contributed by atoms with Crippen LogP contribution in [0.3, 0.4) is 0 Å². The van der Waals surface area contributed by atoms with Crippen LogP contribution in [0, 0.1) is 5.82 Å². The molecule has 21 heavy (non-hydrogen) atoms. The molecule has 0 saturated heterocycles. The molecule has 0 aliphatic heterocycles. The molecule has 2 aromatic rings. The fraction of sp³-hybridized carbons (Fsp3) is 0.250. The molecule has 2 nitrogen and oxygen atoms in total. The minimum Gasteiger partial charge on any atom is -0.457 e. The number of hydrogen-bond acceptors (Lipinski definition) is 2. The van der Waals surface area contributed by atoms with E-state index >= 15 is 0 Å². The summed E-state index contributed by atoms with van der Waals surface area (Å²) in [5.74, 6) is 0.908. The van der Waals surface area contributed by atoms with Crippen LogP contribution >= 0.6 is 27.5 Å². The summed E-state index contributed by atoms with van der Waals surface area (Å²) in [5, 5.41) is 3.96. The molecular formula is C16H16BrClFNO. The molecule has 0 spiro atoms. The summed E-state index contributed by atoms with van der Waals surface area (Å²) in [6, 6.07) is 10.1. The van der Waals surface area contributed by atoms with Crippen LogP contribution in [-0.2, 0) is 6.54 Å². The van der Waals surface area contributed by atoms with Crippen LogP contribution < -0.4 is 10.1 Å². The highest BCUT2D eigenvalue weighted by atomic mass is 79.9. The van der Waals surface area contributed by atoms with Gasteiger partial charge in [-0.15, -0.1) is 0 Å². The second-order valence-electron chi connectivity index (χ2n) is 4.57. The third-order valence-corrected chi connectivity index (χ3v) is 3.89. The maximum atomic E-state index is 13.3. The molecule has 0 fully saturated rings. The molecular weight excluding hydrogens is 357 g/mol. The van der Waals surface area contributed by atoms with E-state index in [1.807, 2.05) is 18.2 Å². The third-order valence-electron chi connectivity index (χ3n) is 2.92. The van der Waals surface area contributed by atoms with E-state index < -0.39 is 0 Å². The van der Waals surface area contributed by atoms with Crippen LogP contribution in [0.4, 0.5) is 4.39 Å². The highest BCUT2D eigenvalue weighted by Gasteiger charge is 2.10. The van der Waals surface area contributed by atoms with Crippen molar-refractivity contribution in [3.63, 3.8) is 0 Å². The maximum absolute atomic E-state index is 13.3. The van der Waals surface area contributed by atoms with Gasteiger partial charge >= 0.3 is 0 Å². The Hall–Kier alpha value is -1.10. The zero-order valence-corrected chi connectivity index (χ0v) is 14.0. The molecule has 5 heteroatoms. The van der Waals surface area contributed by atoms with Crippen molar-refractivity contribution in [1.29, 1.82) is 0 Å². The summed E-state index contributed by atoms with van der Waals surface area (Å²) in [6.45, 7) is 3.64. The summed E-state index contributed by atoms with van der Waals surface area (Å²) in [6.07, 6.45) is 1.05. The molecule has 0 atom stereocenters. The molecule has 0 unspecified atom stereocenters. The zero-order valence-electron chi connectivity index (χ0n) is 11.6. The van der Waals surface area contributed by atoms with E-state index in [1.165, 1.54) is 6.07 Å². The summed E-state index contributed by atoms with van der Waals surface area (Å²) in [4.78, 5) is 0. The van der Waals surface area contributed by atoms with Crippen molar-refractivity contribution in [2.75, 3.05) is 6.54 Å². The molecule has 2 aromatic carbocycles. The first-order valence-corrected chi connectivity index (χ1v) is 7.90. The number of halogens is 3. The normalized spacial score (nSPS) is 10.7. The minimum atomic E-state index is -0.321. The van der Waals surface area contributed by atoms with Gasteiger partial charge in [0.25, 0.3) is 0 Å². The fourth-order valence-corrected chi connectivity index (χ4v) is 2.45. The van der Waals surface area contributed by atoms with E-state index in [2.05, 4.69) is 28.2 Å². The molecule has 0 aliphatic carbocycles. The molecule has 0 aromatic heterocycles. The molecule has 0 radical (unpaired) electrons. The van der Waals surface area contributed by atoms with Crippen LogP contribution in [0.25, 0.3) is 0 Å². The van der Waals surface area contributed by atoms with Crippen molar-refractivity contribution < 1.29 is 9.13 Å². The molecule has 2 rings (SSSR count). The first-order chi connectivity index (χ1) is 10.1. The van der Waals surface area contributed by atoms with E-state index in [0.29, 0.717) is 27.5 Å². The Morgan fingerprint density at radius 3 is 2.81 bits per heavy atom. The SMILES string of the molecule is CCCNCc1c(Cl)cccc1Oc1ccc(F)c(Br)c1. The molecule has 0 bridgehead atoms. The highest BCUT2D eigenvalue weighted by Crippen LogP contribution is 2.32. The van der Waals surface area contributed by atoms with E-state index in [-0.39, 0.29) is 5.82 Å². The number of ether oxygens (including phenoxy) is 1. The largest absolute Gasteiger partial charge is 0.457 e. The molecule has 0 aliphatic rings. The van der Waals surface area contributed by atoms with Gasteiger partial charge in [0.15, 0.2) is 0 Å². The number of benzene rings is 2. The van der Waals surface area contributed by atoms with Gasteiger partial charge in [0.1, 0.15) is 17.3 Å². The lowest BCUT2D eigenvalue weighted by Crippen LogP contribution is -2.14.